The van der Waals surface area contributed by atoms with Gasteiger partial charge in [-0.2, -0.15) is 5.06 Å². The summed E-state index contributed by atoms with van der Waals surface area (Å²) in [5.74, 6) is 0. The average Bonchev–Trinajstić information content (AvgIpc) is 2.51. The first kappa shape index (κ1) is 7.53. The van der Waals surface area contributed by atoms with Crippen molar-refractivity contribution in [1.29, 1.82) is 0 Å². The number of hydrogen-bond donors (Lipinski definition) is 1. The Bertz CT molecular complexity index is 154. The van der Waals surface area contributed by atoms with E-state index in [1.165, 1.54) is 19.3 Å². The van der Waals surface area contributed by atoms with Crippen molar-refractivity contribution in [3.63, 3.8) is 0 Å². The third-order valence-corrected chi connectivity index (χ3v) is 2.66. The van der Waals surface area contributed by atoms with Gasteiger partial charge in [-0.3, -0.25) is 4.84 Å². The highest BCUT2D eigenvalue weighted by molar-refractivity contribution is 4.98. The molecule has 1 saturated carbocycles. The van der Waals surface area contributed by atoms with Crippen LogP contribution in [-0.4, -0.2) is 29.5 Å². The molecule has 64 valence electrons. The molecule has 0 aromatic heterocycles. The normalized spacial score (nSPS) is 31.1. The minimum atomic E-state index is -0.649. The molecule has 0 radical (unpaired) electrons. The summed E-state index contributed by atoms with van der Waals surface area (Å²) in [7, 11) is 0. The first-order valence-corrected chi connectivity index (χ1v) is 4.30. The maximum Gasteiger partial charge on any atom is 0.171 e. The zero-order valence-corrected chi connectivity index (χ0v) is 6.92. The number of aliphatic hydroxyl groups excluding tert-OH is 1. The predicted octanol–water partition coefficient (Wildman–Crippen LogP) is 0.742. The van der Waals surface area contributed by atoms with E-state index >= 15 is 0 Å². The third-order valence-electron chi connectivity index (χ3n) is 2.66. The predicted molar refractivity (Wildman–Crippen MR) is 40.6 cm³/mol. The smallest absolute Gasteiger partial charge is 0.171 e. The van der Waals surface area contributed by atoms with Gasteiger partial charge in [0.2, 0.25) is 0 Å². The maximum atomic E-state index is 8.94. The van der Waals surface area contributed by atoms with Crippen LogP contribution < -0.4 is 0 Å². The topological polar surface area (TPSA) is 32.7 Å². The van der Waals surface area contributed by atoms with Crippen LogP contribution >= 0.6 is 0 Å². The Morgan fingerprint density at radius 3 is 2.64 bits per heavy atom. The number of hydrogen-bond acceptors (Lipinski definition) is 3. The second kappa shape index (κ2) is 2.44. The van der Waals surface area contributed by atoms with Crippen LogP contribution in [0.3, 0.4) is 0 Å². The van der Waals surface area contributed by atoms with E-state index in [-0.39, 0.29) is 0 Å². The number of rotatable bonds is 2. The highest BCUT2D eigenvalue weighted by atomic mass is 16.8. The van der Waals surface area contributed by atoms with E-state index in [4.69, 9.17) is 9.94 Å². The van der Waals surface area contributed by atoms with Gasteiger partial charge in [-0.25, -0.2) is 0 Å². The van der Waals surface area contributed by atoms with Crippen LogP contribution in [0.2, 0.25) is 0 Å². The monoisotopic (exact) mass is 157 g/mol. The first-order valence-electron chi connectivity index (χ1n) is 4.30. The van der Waals surface area contributed by atoms with Gasteiger partial charge in [-0.15, -0.1) is 0 Å². The molecule has 1 saturated heterocycles. The summed E-state index contributed by atoms with van der Waals surface area (Å²) in [4.78, 5) is 5.18. The lowest BCUT2D eigenvalue weighted by atomic mass is 10.1. The first-order chi connectivity index (χ1) is 5.20. The van der Waals surface area contributed by atoms with Gasteiger partial charge in [0.25, 0.3) is 0 Å². The molecule has 0 aromatic carbocycles. The van der Waals surface area contributed by atoms with E-state index in [0.29, 0.717) is 5.41 Å². The van der Waals surface area contributed by atoms with Crippen LogP contribution in [0.15, 0.2) is 0 Å². The second-order valence-corrected chi connectivity index (χ2v) is 3.82. The minimum absolute atomic E-state index is 0.592. The molecule has 3 nitrogen and oxygen atoms in total. The zero-order chi connectivity index (χ0) is 7.90. The van der Waals surface area contributed by atoms with E-state index in [1.54, 1.807) is 6.92 Å². The molecule has 1 atom stereocenters. The molecule has 1 spiro atoms. The molecule has 2 rings (SSSR count). The Hall–Kier alpha value is -0.120. The Morgan fingerprint density at radius 2 is 2.18 bits per heavy atom. The highest BCUT2D eigenvalue weighted by Crippen LogP contribution is 2.52. The van der Waals surface area contributed by atoms with Gasteiger partial charge in [0.05, 0.1) is 0 Å². The lowest BCUT2D eigenvalue weighted by molar-refractivity contribution is -0.248. The fourth-order valence-electron chi connectivity index (χ4n) is 1.78. The van der Waals surface area contributed by atoms with Crippen LogP contribution in [0.4, 0.5) is 0 Å². The molecule has 2 aliphatic rings. The van der Waals surface area contributed by atoms with E-state index in [9.17, 15) is 0 Å². The summed E-state index contributed by atoms with van der Waals surface area (Å²) in [6, 6.07) is 0. The molecular formula is C8H15NO2. The van der Waals surface area contributed by atoms with Crippen molar-refractivity contribution in [1.82, 2.24) is 5.06 Å². The molecule has 1 N–H and O–H groups in total. The van der Waals surface area contributed by atoms with Gasteiger partial charge >= 0.3 is 0 Å². The molecule has 1 aliphatic heterocycles. The van der Waals surface area contributed by atoms with Gasteiger partial charge in [-0.05, 0) is 31.6 Å². The number of nitrogens with zero attached hydrogens (tertiary/aromatic N) is 1. The van der Waals surface area contributed by atoms with E-state index in [2.05, 4.69) is 0 Å². The Kier molecular flexibility index (Phi) is 1.67. The summed E-state index contributed by atoms with van der Waals surface area (Å²) < 4.78 is 0. The zero-order valence-electron chi connectivity index (χ0n) is 6.92. The Labute approximate surface area is 66.9 Å². The van der Waals surface area contributed by atoms with Crippen LogP contribution in [0.1, 0.15) is 26.2 Å². The SMILES string of the molecule is CC(O)ON1CCC2(CC2)C1. The molecular weight excluding hydrogens is 142 g/mol. The molecule has 1 unspecified atom stereocenters. The van der Waals surface area contributed by atoms with E-state index in [1.807, 2.05) is 5.06 Å². The Balaban J connectivity index is 1.80. The summed E-state index contributed by atoms with van der Waals surface area (Å²) in [6.07, 6.45) is 3.31. The fraction of sp³-hybridized carbons (Fsp3) is 1.00. The van der Waals surface area contributed by atoms with Crippen molar-refractivity contribution < 1.29 is 9.94 Å². The van der Waals surface area contributed by atoms with E-state index in [0.717, 1.165) is 13.1 Å². The largest absolute Gasteiger partial charge is 0.367 e. The minimum Gasteiger partial charge on any atom is -0.367 e. The van der Waals surface area contributed by atoms with Crippen molar-refractivity contribution in [2.75, 3.05) is 13.1 Å². The number of aliphatic hydroxyl groups is 1. The fourth-order valence-corrected chi connectivity index (χ4v) is 1.78. The molecule has 3 heteroatoms. The summed E-state index contributed by atoms with van der Waals surface area (Å²) >= 11 is 0. The van der Waals surface area contributed by atoms with Crippen molar-refractivity contribution in [2.24, 2.45) is 5.41 Å². The second-order valence-electron chi connectivity index (χ2n) is 3.82. The lowest BCUT2D eigenvalue weighted by Gasteiger charge is -2.17. The van der Waals surface area contributed by atoms with Crippen LogP contribution in [0.5, 0.6) is 0 Å². The molecule has 0 bridgehead atoms. The average molecular weight is 157 g/mol. The van der Waals surface area contributed by atoms with Gasteiger partial charge in [0, 0.05) is 13.1 Å². The van der Waals surface area contributed by atoms with E-state index < -0.39 is 6.29 Å². The van der Waals surface area contributed by atoms with Crippen LogP contribution in [0, 0.1) is 5.41 Å². The summed E-state index contributed by atoms with van der Waals surface area (Å²) in [6.45, 7) is 3.67. The van der Waals surface area contributed by atoms with Gasteiger partial charge < -0.3 is 5.11 Å². The number of hydroxylamine groups is 2. The third kappa shape index (κ3) is 1.55. The van der Waals surface area contributed by atoms with Gasteiger partial charge in [0.1, 0.15) is 0 Å². The van der Waals surface area contributed by atoms with Crippen molar-refractivity contribution in [3.05, 3.63) is 0 Å². The molecule has 2 fully saturated rings. The standard InChI is InChI=1S/C8H15NO2/c1-7(10)11-9-5-4-8(6-9)2-3-8/h7,10H,2-6H2,1H3. The quantitative estimate of drug-likeness (QED) is 0.600. The summed E-state index contributed by atoms with van der Waals surface area (Å²) in [5, 5.41) is 10.8. The molecule has 0 aromatic rings. The Morgan fingerprint density at radius 1 is 1.45 bits per heavy atom. The highest BCUT2D eigenvalue weighted by Gasteiger charge is 2.48. The lowest BCUT2D eigenvalue weighted by Crippen LogP contribution is -2.26. The maximum absolute atomic E-state index is 8.94. The molecule has 11 heavy (non-hydrogen) atoms. The van der Waals surface area contributed by atoms with Crippen molar-refractivity contribution >= 4 is 0 Å². The van der Waals surface area contributed by atoms with Crippen molar-refractivity contribution in [2.45, 2.75) is 32.5 Å². The van der Waals surface area contributed by atoms with Crippen LogP contribution in [0.25, 0.3) is 0 Å². The van der Waals surface area contributed by atoms with Gasteiger partial charge in [0.15, 0.2) is 6.29 Å². The molecule has 1 aliphatic carbocycles. The van der Waals surface area contributed by atoms with Gasteiger partial charge in [-0.1, -0.05) is 0 Å². The summed E-state index contributed by atoms with van der Waals surface area (Å²) in [5.41, 5.74) is 0.592. The van der Waals surface area contributed by atoms with Crippen LogP contribution in [-0.2, 0) is 4.84 Å². The molecule has 1 heterocycles. The van der Waals surface area contributed by atoms with Crippen molar-refractivity contribution in [3.8, 4) is 0 Å². The molecule has 0 amide bonds.